The Kier molecular flexibility index (Phi) is 4.94. The lowest BCUT2D eigenvalue weighted by Crippen LogP contribution is -2.33. The molecule has 0 aliphatic heterocycles. The van der Waals surface area contributed by atoms with Crippen LogP contribution in [0.2, 0.25) is 0 Å². The van der Waals surface area contributed by atoms with Gasteiger partial charge in [-0.05, 0) is 37.5 Å². The average Bonchev–Trinajstić information content (AvgIpc) is 2.28. The minimum atomic E-state index is -0.175. The third kappa shape index (κ3) is 3.60. The Morgan fingerprint density at radius 1 is 1.12 bits per heavy atom. The molecule has 90 valence electrons. The summed E-state index contributed by atoms with van der Waals surface area (Å²) in [6.45, 7) is 8.76. The maximum Gasteiger partial charge on any atom is 0.123 e. The molecule has 0 radical (unpaired) electrons. The van der Waals surface area contributed by atoms with Crippen molar-refractivity contribution in [2.75, 3.05) is 0 Å². The van der Waals surface area contributed by atoms with Crippen molar-refractivity contribution in [3.8, 4) is 0 Å². The zero-order valence-electron chi connectivity index (χ0n) is 10.6. The van der Waals surface area contributed by atoms with Crippen molar-refractivity contribution in [2.24, 2.45) is 5.92 Å². The number of hydrogen-bond donors (Lipinski definition) is 1. The molecule has 0 aromatic heterocycles. The van der Waals surface area contributed by atoms with Crippen molar-refractivity contribution in [3.05, 3.63) is 35.6 Å². The number of nitrogens with one attached hydrogen (secondary N) is 1. The van der Waals surface area contributed by atoms with E-state index >= 15 is 0 Å². The molecule has 0 bridgehead atoms. The molecule has 0 heterocycles. The number of benzene rings is 1. The van der Waals surface area contributed by atoms with Gasteiger partial charge >= 0.3 is 0 Å². The number of halogens is 1. The monoisotopic (exact) mass is 223 g/mol. The maximum atomic E-state index is 12.8. The lowest BCUT2D eigenvalue weighted by molar-refractivity contribution is 0.360. The lowest BCUT2D eigenvalue weighted by atomic mass is 9.99. The first-order chi connectivity index (χ1) is 7.54. The van der Waals surface area contributed by atoms with Crippen LogP contribution in [0.5, 0.6) is 0 Å². The molecule has 1 aromatic rings. The van der Waals surface area contributed by atoms with Gasteiger partial charge < -0.3 is 5.32 Å². The molecule has 0 saturated heterocycles. The van der Waals surface area contributed by atoms with Gasteiger partial charge in [-0.1, -0.05) is 32.4 Å². The zero-order chi connectivity index (χ0) is 12.1. The molecule has 0 aliphatic rings. The van der Waals surface area contributed by atoms with Crippen LogP contribution in [-0.2, 0) is 0 Å². The quantitative estimate of drug-likeness (QED) is 0.798. The Labute approximate surface area is 98.1 Å². The van der Waals surface area contributed by atoms with Crippen molar-refractivity contribution >= 4 is 0 Å². The molecule has 0 amide bonds. The van der Waals surface area contributed by atoms with Gasteiger partial charge in [0.15, 0.2) is 0 Å². The second kappa shape index (κ2) is 6.00. The van der Waals surface area contributed by atoms with Crippen molar-refractivity contribution in [2.45, 2.75) is 46.2 Å². The van der Waals surface area contributed by atoms with Crippen LogP contribution in [0.4, 0.5) is 4.39 Å². The molecule has 1 aromatic carbocycles. The summed E-state index contributed by atoms with van der Waals surface area (Å²) in [4.78, 5) is 0. The van der Waals surface area contributed by atoms with E-state index < -0.39 is 0 Å². The molecule has 2 heteroatoms. The largest absolute Gasteiger partial charge is 0.307 e. The molecule has 1 rings (SSSR count). The fraction of sp³-hybridized carbons (Fsp3) is 0.571. The minimum Gasteiger partial charge on any atom is -0.307 e. The molecule has 1 N–H and O–H groups in total. The van der Waals surface area contributed by atoms with Crippen molar-refractivity contribution in [1.82, 2.24) is 5.32 Å². The van der Waals surface area contributed by atoms with E-state index in [9.17, 15) is 4.39 Å². The van der Waals surface area contributed by atoms with Crippen LogP contribution in [0.25, 0.3) is 0 Å². The van der Waals surface area contributed by atoms with Gasteiger partial charge in [-0.15, -0.1) is 0 Å². The van der Waals surface area contributed by atoms with Gasteiger partial charge in [0.25, 0.3) is 0 Å². The Morgan fingerprint density at radius 3 is 2.19 bits per heavy atom. The van der Waals surface area contributed by atoms with Crippen LogP contribution in [0.15, 0.2) is 24.3 Å². The predicted octanol–water partition coefficient (Wildman–Crippen LogP) is 3.91. The van der Waals surface area contributed by atoms with Crippen LogP contribution in [0, 0.1) is 11.7 Å². The molecular formula is C14H22FN. The van der Waals surface area contributed by atoms with Crippen LogP contribution >= 0.6 is 0 Å². The van der Waals surface area contributed by atoms with E-state index in [-0.39, 0.29) is 11.9 Å². The summed E-state index contributed by atoms with van der Waals surface area (Å²) in [7, 11) is 0. The molecule has 1 nitrogen and oxygen atoms in total. The first-order valence-corrected chi connectivity index (χ1v) is 6.06. The highest BCUT2D eigenvalue weighted by atomic mass is 19.1. The fourth-order valence-corrected chi connectivity index (χ4v) is 1.76. The summed E-state index contributed by atoms with van der Waals surface area (Å²) in [5.41, 5.74) is 1.14. The van der Waals surface area contributed by atoms with E-state index in [1.54, 1.807) is 0 Å². The standard InChI is InChI=1S/C14H22FN/c1-5-10(2)11(3)16-12(4)13-6-8-14(15)9-7-13/h6-12,16H,5H2,1-4H3. The van der Waals surface area contributed by atoms with E-state index in [4.69, 9.17) is 0 Å². The summed E-state index contributed by atoms with van der Waals surface area (Å²) in [6, 6.07) is 7.46. The lowest BCUT2D eigenvalue weighted by Gasteiger charge is -2.24. The van der Waals surface area contributed by atoms with Gasteiger partial charge in [-0.25, -0.2) is 4.39 Å². The summed E-state index contributed by atoms with van der Waals surface area (Å²) < 4.78 is 12.8. The van der Waals surface area contributed by atoms with Crippen LogP contribution in [0.3, 0.4) is 0 Å². The molecule has 16 heavy (non-hydrogen) atoms. The summed E-state index contributed by atoms with van der Waals surface area (Å²) in [5, 5.41) is 3.54. The van der Waals surface area contributed by atoms with Gasteiger partial charge in [0, 0.05) is 12.1 Å². The molecule has 0 spiro atoms. The zero-order valence-corrected chi connectivity index (χ0v) is 10.6. The third-order valence-electron chi connectivity index (χ3n) is 3.38. The highest BCUT2D eigenvalue weighted by Crippen LogP contribution is 2.16. The molecule has 3 unspecified atom stereocenters. The summed E-state index contributed by atoms with van der Waals surface area (Å²) in [5.74, 6) is 0.480. The molecule has 0 aliphatic carbocycles. The van der Waals surface area contributed by atoms with Gasteiger partial charge in [0.1, 0.15) is 5.82 Å². The third-order valence-corrected chi connectivity index (χ3v) is 3.38. The Bertz CT molecular complexity index is 307. The van der Waals surface area contributed by atoms with Gasteiger partial charge in [-0.3, -0.25) is 0 Å². The fourth-order valence-electron chi connectivity index (χ4n) is 1.76. The van der Waals surface area contributed by atoms with E-state index in [1.807, 2.05) is 12.1 Å². The maximum absolute atomic E-state index is 12.8. The van der Waals surface area contributed by atoms with Crippen LogP contribution < -0.4 is 5.32 Å². The Hall–Kier alpha value is -0.890. The van der Waals surface area contributed by atoms with Crippen molar-refractivity contribution in [1.29, 1.82) is 0 Å². The van der Waals surface area contributed by atoms with Gasteiger partial charge in [0.2, 0.25) is 0 Å². The topological polar surface area (TPSA) is 12.0 Å². The second-order valence-electron chi connectivity index (χ2n) is 4.61. The summed E-state index contributed by atoms with van der Waals surface area (Å²) >= 11 is 0. The molecule has 0 fully saturated rings. The predicted molar refractivity (Wildman–Crippen MR) is 66.9 cm³/mol. The molecule has 0 saturated carbocycles. The molecular weight excluding hydrogens is 201 g/mol. The normalized spacial score (nSPS) is 16.8. The minimum absolute atomic E-state index is 0.175. The van der Waals surface area contributed by atoms with E-state index in [0.29, 0.717) is 12.0 Å². The highest BCUT2D eigenvalue weighted by Gasteiger charge is 2.13. The summed E-state index contributed by atoms with van der Waals surface area (Å²) in [6.07, 6.45) is 1.17. The molecule has 3 atom stereocenters. The Morgan fingerprint density at radius 2 is 1.69 bits per heavy atom. The SMILES string of the molecule is CCC(C)C(C)NC(C)c1ccc(F)cc1. The first-order valence-electron chi connectivity index (χ1n) is 6.06. The number of hydrogen-bond acceptors (Lipinski definition) is 1. The van der Waals surface area contributed by atoms with Crippen LogP contribution in [0.1, 0.15) is 45.7 Å². The van der Waals surface area contributed by atoms with E-state index in [1.165, 1.54) is 18.6 Å². The van der Waals surface area contributed by atoms with Crippen molar-refractivity contribution < 1.29 is 4.39 Å². The van der Waals surface area contributed by atoms with Gasteiger partial charge in [0.05, 0.1) is 0 Å². The second-order valence-corrected chi connectivity index (χ2v) is 4.61. The average molecular weight is 223 g/mol. The first kappa shape index (κ1) is 13.2. The van der Waals surface area contributed by atoms with Crippen LogP contribution in [-0.4, -0.2) is 6.04 Å². The Balaban J connectivity index is 2.58. The highest BCUT2D eigenvalue weighted by molar-refractivity contribution is 5.19. The van der Waals surface area contributed by atoms with Crippen molar-refractivity contribution in [3.63, 3.8) is 0 Å². The van der Waals surface area contributed by atoms with E-state index in [2.05, 4.69) is 33.0 Å². The van der Waals surface area contributed by atoms with Gasteiger partial charge in [-0.2, -0.15) is 0 Å². The van der Waals surface area contributed by atoms with E-state index in [0.717, 1.165) is 5.56 Å². The number of rotatable bonds is 5. The smallest absolute Gasteiger partial charge is 0.123 e.